The van der Waals surface area contributed by atoms with Crippen LogP contribution in [0.3, 0.4) is 0 Å². The summed E-state index contributed by atoms with van der Waals surface area (Å²) in [5.41, 5.74) is -0.602. The van der Waals surface area contributed by atoms with Gasteiger partial charge in [0.2, 0.25) is 5.91 Å². The Morgan fingerprint density at radius 3 is 2.70 bits per heavy atom. The van der Waals surface area contributed by atoms with E-state index in [1.165, 1.54) is 23.0 Å². The van der Waals surface area contributed by atoms with Crippen LogP contribution in [0.5, 0.6) is 5.75 Å². The van der Waals surface area contributed by atoms with Gasteiger partial charge in [-0.15, -0.1) is 0 Å². The van der Waals surface area contributed by atoms with Crippen molar-refractivity contribution in [3.63, 3.8) is 0 Å². The molecule has 144 valence electrons. The van der Waals surface area contributed by atoms with Crippen LogP contribution in [-0.2, 0) is 11.3 Å². The van der Waals surface area contributed by atoms with Gasteiger partial charge < -0.3 is 15.2 Å². The summed E-state index contributed by atoms with van der Waals surface area (Å²) in [4.78, 5) is 32.9. The average Bonchev–Trinajstić information content (AvgIpc) is 3.07. The van der Waals surface area contributed by atoms with Crippen molar-refractivity contribution in [2.75, 3.05) is 11.9 Å². The predicted molar refractivity (Wildman–Crippen MR) is 87.0 cm³/mol. The highest BCUT2D eigenvalue weighted by atomic mass is 19.3. The van der Waals surface area contributed by atoms with Crippen LogP contribution in [0, 0.1) is 10.1 Å². The summed E-state index contributed by atoms with van der Waals surface area (Å²) in [5.74, 6) is -1.92. The number of amides is 1. The number of nitro groups is 1. The van der Waals surface area contributed by atoms with Gasteiger partial charge >= 0.3 is 5.97 Å². The third-order valence-corrected chi connectivity index (χ3v) is 3.19. The van der Waals surface area contributed by atoms with Gasteiger partial charge in [0.15, 0.2) is 5.69 Å². The Kier molecular flexibility index (Phi) is 6.36. The second kappa shape index (κ2) is 8.69. The van der Waals surface area contributed by atoms with E-state index in [1.807, 2.05) is 0 Å². The van der Waals surface area contributed by atoms with Crippen LogP contribution < -0.4 is 10.1 Å². The first-order chi connectivity index (χ1) is 12.7. The van der Waals surface area contributed by atoms with Crippen LogP contribution in [0.25, 0.3) is 0 Å². The quantitative estimate of drug-likeness (QED) is 0.499. The lowest BCUT2D eigenvalue weighted by atomic mass is 10.2. The van der Waals surface area contributed by atoms with Crippen molar-refractivity contribution in [3.05, 3.63) is 46.3 Å². The standard InChI is InChI=1S/C15H14F2N4O6/c16-13(17)8-27-11-6-9(5-10(7-11)21(25)26)18-14(22)2-4-20-3-1-12(19-20)15(23)24/h1,3,5-7,13H,2,4,8H2,(H,18,22)(H,23,24). The zero-order chi connectivity index (χ0) is 20.0. The number of hydrogen-bond donors (Lipinski definition) is 2. The van der Waals surface area contributed by atoms with E-state index in [4.69, 9.17) is 9.84 Å². The van der Waals surface area contributed by atoms with Gasteiger partial charge in [-0.05, 0) is 6.07 Å². The summed E-state index contributed by atoms with van der Waals surface area (Å²) in [6.07, 6.45) is -1.47. The number of anilines is 1. The number of hydrogen-bond acceptors (Lipinski definition) is 6. The molecule has 0 aliphatic carbocycles. The highest BCUT2D eigenvalue weighted by Crippen LogP contribution is 2.26. The van der Waals surface area contributed by atoms with Crippen LogP contribution in [0.2, 0.25) is 0 Å². The molecule has 0 aliphatic heterocycles. The fraction of sp³-hybridized carbons (Fsp3) is 0.267. The maximum absolute atomic E-state index is 12.2. The van der Waals surface area contributed by atoms with Crippen molar-refractivity contribution in [1.82, 2.24) is 9.78 Å². The van der Waals surface area contributed by atoms with Crippen LogP contribution in [0.1, 0.15) is 16.9 Å². The molecule has 12 heteroatoms. The van der Waals surface area contributed by atoms with Crippen molar-refractivity contribution in [1.29, 1.82) is 0 Å². The van der Waals surface area contributed by atoms with E-state index in [1.54, 1.807) is 0 Å². The first-order valence-electron chi connectivity index (χ1n) is 7.51. The van der Waals surface area contributed by atoms with Crippen LogP contribution in [0.15, 0.2) is 30.5 Å². The molecule has 1 aromatic carbocycles. The number of carbonyl (C=O) groups excluding carboxylic acids is 1. The topological polar surface area (TPSA) is 137 Å². The van der Waals surface area contributed by atoms with Crippen LogP contribution in [0.4, 0.5) is 20.2 Å². The minimum absolute atomic E-state index is 0.00477. The zero-order valence-corrected chi connectivity index (χ0v) is 13.7. The van der Waals surface area contributed by atoms with Gasteiger partial charge in [0.25, 0.3) is 12.1 Å². The lowest BCUT2D eigenvalue weighted by Crippen LogP contribution is -2.15. The Bertz CT molecular complexity index is 855. The molecule has 10 nitrogen and oxygen atoms in total. The number of carboxylic acids is 1. The van der Waals surface area contributed by atoms with Crippen molar-refractivity contribution >= 4 is 23.3 Å². The molecule has 0 atom stereocenters. The SMILES string of the molecule is O=C(CCn1ccc(C(=O)O)n1)Nc1cc(OCC(F)F)cc([N+](=O)[O-])c1. The summed E-state index contributed by atoms with van der Waals surface area (Å²) < 4.78 is 30.5. The largest absolute Gasteiger partial charge is 0.487 e. The van der Waals surface area contributed by atoms with E-state index in [0.29, 0.717) is 0 Å². The molecule has 0 aliphatic rings. The number of rotatable bonds is 9. The minimum Gasteiger partial charge on any atom is -0.487 e. The number of carboxylic acid groups (broad SMARTS) is 1. The normalized spacial score (nSPS) is 10.6. The molecule has 2 rings (SSSR count). The number of carbonyl (C=O) groups is 2. The predicted octanol–water partition coefficient (Wildman–Crippen LogP) is 2.16. The Labute approximate surface area is 150 Å². The van der Waals surface area contributed by atoms with E-state index in [2.05, 4.69) is 10.4 Å². The first-order valence-corrected chi connectivity index (χ1v) is 7.51. The molecule has 0 unspecified atom stereocenters. The number of benzene rings is 1. The molecule has 1 amide bonds. The lowest BCUT2D eigenvalue weighted by Gasteiger charge is -2.09. The summed E-state index contributed by atoms with van der Waals surface area (Å²) in [6, 6.07) is 4.48. The van der Waals surface area contributed by atoms with Gasteiger partial charge in [-0.3, -0.25) is 19.6 Å². The third kappa shape index (κ3) is 6.02. The molecule has 0 bridgehead atoms. The number of nitrogens with one attached hydrogen (secondary N) is 1. The Morgan fingerprint density at radius 1 is 1.37 bits per heavy atom. The highest BCUT2D eigenvalue weighted by molar-refractivity contribution is 5.91. The summed E-state index contributed by atoms with van der Waals surface area (Å²) >= 11 is 0. The van der Waals surface area contributed by atoms with E-state index < -0.39 is 35.5 Å². The molecule has 0 saturated heterocycles. The Balaban J connectivity index is 2.02. The monoisotopic (exact) mass is 384 g/mol. The van der Waals surface area contributed by atoms with E-state index in [0.717, 1.165) is 12.1 Å². The van der Waals surface area contributed by atoms with Crippen molar-refractivity contribution in [2.24, 2.45) is 0 Å². The molecule has 1 heterocycles. The molecule has 2 aromatic rings. The molecule has 27 heavy (non-hydrogen) atoms. The maximum atomic E-state index is 12.2. The van der Waals surface area contributed by atoms with Crippen LogP contribution >= 0.6 is 0 Å². The number of aromatic carboxylic acids is 1. The summed E-state index contributed by atoms with van der Waals surface area (Å²) in [6.45, 7) is -0.872. The molecule has 0 saturated carbocycles. The van der Waals surface area contributed by atoms with Crippen molar-refractivity contribution < 1.29 is 33.1 Å². The molecule has 0 fully saturated rings. The van der Waals surface area contributed by atoms with Gasteiger partial charge in [-0.25, -0.2) is 13.6 Å². The number of nitro benzene ring substituents is 1. The van der Waals surface area contributed by atoms with E-state index >= 15 is 0 Å². The first kappa shape index (κ1) is 19.8. The lowest BCUT2D eigenvalue weighted by molar-refractivity contribution is -0.384. The molecular formula is C15H14F2N4O6. The summed E-state index contributed by atoms with van der Waals surface area (Å²) in [7, 11) is 0. The number of alkyl halides is 2. The Hall–Kier alpha value is -3.57. The maximum Gasteiger partial charge on any atom is 0.356 e. The van der Waals surface area contributed by atoms with Gasteiger partial charge in [0.1, 0.15) is 12.4 Å². The number of aryl methyl sites for hydroxylation is 1. The number of nitrogens with zero attached hydrogens (tertiary/aromatic N) is 3. The summed E-state index contributed by atoms with van der Waals surface area (Å²) in [5, 5.41) is 25.8. The number of non-ortho nitro benzene ring substituents is 1. The fourth-order valence-corrected chi connectivity index (χ4v) is 2.04. The number of aromatic nitrogens is 2. The number of ether oxygens (including phenoxy) is 1. The molecule has 0 spiro atoms. The second-order valence-electron chi connectivity index (χ2n) is 5.24. The highest BCUT2D eigenvalue weighted by Gasteiger charge is 2.14. The smallest absolute Gasteiger partial charge is 0.356 e. The van der Waals surface area contributed by atoms with Gasteiger partial charge in [0, 0.05) is 31.3 Å². The van der Waals surface area contributed by atoms with Crippen molar-refractivity contribution in [2.45, 2.75) is 19.4 Å². The third-order valence-electron chi connectivity index (χ3n) is 3.19. The van der Waals surface area contributed by atoms with Gasteiger partial charge in [-0.2, -0.15) is 5.10 Å². The van der Waals surface area contributed by atoms with Crippen LogP contribution in [-0.4, -0.2) is 44.7 Å². The average molecular weight is 384 g/mol. The van der Waals surface area contributed by atoms with E-state index in [9.17, 15) is 28.5 Å². The van der Waals surface area contributed by atoms with Gasteiger partial charge in [-0.1, -0.05) is 0 Å². The zero-order valence-electron chi connectivity index (χ0n) is 13.7. The second-order valence-corrected chi connectivity index (χ2v) is 5.24. The Morgan fingerprint density at radius 2 is 2.11 bits per heavy atom. The minimum atomic E-state index is -2.76. The van der Waals surface area contributed by atoms with Gasteiger partial charge in [0.05, 0.1) is 16.7 Å². The fourth-order valence-electron chi connectivity index (χ4n) is 2.04. The molecule has 0 radical (unpaired) electrons. The molecular weight excluding hydrogens is 370 g/mol. The molecule has 2 N–H and O–H groups in total. The molecule has 1 aromatic heterocycles. The van der Waals surface area contributed by atoms with E-state index in [-0.39, 0.29) is 30.1 Å². The van der Waals surface area contributed by atoms with Crippen molar-refractivity contribution in [3.8, 4) is 5.75 Å². The number of halogens is 2.